The molecule has 0 bridgehead atoms. The Labute approximate surface area is 169 Å². The van der Waals surface area contributed by atoms with E-state index < -0.39 is 15.9 Å². The quantitative estimate of drug-likeness (QED) is 0.639. The molecular formula is C21H22N2O3S2. The Morgan fingerprint density at radius 2 is 1.61 bits per heavy atom. The van der Waals surface area contributed by atoms with E-state index >= 15 is 0 Å². The maximum absolute atomic E-state index is 12.6. The molecule has 7 heteroatoms. The lowest BCUT2D eigenvalue weighted by Crippen LogP contribution is -2.16. The van der Waals surface area contributed by atoms with E-state index in [0.717, 1.165) is 10.4 Å². The van der Waals surface area contributed by atoms with Gasteiger partial charge in [0.05, 0.1) is 10.6 Å². The molecule has 28 heavy (non-hydrogen) atoms. The van der Waals surface area contributed by atoms with Crippen LogP contribution in [-0.2, 0) is 15.4 Å². The molecule has 1 heterocycles. The fraction of sp³-hybridized carbons (Fsp3) is 0.190. The number of primary amides is 1. The first-order valence-corrected chi connectivity index (χ1v) is 11.0. The number of carbonyl (C=O) groups is 1. The predicted octanol–water partition coefficient (Wildman–Crippen LogP) is 4.61. The van der Waals surface area contributed by atoms with Crippen LogP contribution in [0.2, 0.25) is 0 Å². The number of hydrogen-bond acceptors (Lipinski definition) is 4. The third-order valence-corrected chi connectivity index (χ3v) is 6.87. The highest BCUT2D eigenvalue weighted by atomic mass is 32.2. The van der Waals surface area contributed by atoms with Gasteiger partial charge in [0.25, 0.3) is 15.9 Å². The number of rotatable bonds is 5. The first-order valence-electron chi connectivity index (χ1n) is 8.70. The average molecular weight is 415 g/mol. The van der Waals surface area contributed by atoms with Gasteiger partial charge in [-0.05, 0) is 34.7 Å². The van der Waals surface area contributed by atoms with Crippen LogP contribution < -0.4 is 10.5 Å². The van der Waals surface area contributed by atoms with Gasteiger partial charge < -0.3 is 5.73 Å². The normalized spacial score (nSPS) is 12.0. The Morgan fingerprint density at radius 1 is 1.00 bits per heavy atom. The van der Waals surface area contributed by atoms with Crippen LogP contribution in [0.4, 0.5) is 5.69 Å². The van der Waals surface area contributed by atoms with Crippen molar-refractivity contribution in [1.82, 2.24) is 0 Å². The fourth-order valence-corrected chi connectivity index (χ4v) is 4.85. The van der Waals surface area contributed by atoms with Crippen molar-refractivity contribution < 1.29 is 13.2 Å². The zero-order valence-electron chi connectivity index (χ0n) is 15.9. The lowest BCUT2D eigenvalue weighted by Gasteiger charge is -2.18. The highest BCUT2D eigenvalue weighted by Crippen LogP contribution is 2.36. The SMILES string of the molecule is CC(C)(C)c1ccc(-c2cc(NS(=O)(=O)c3ccccc3)c(C(N)=O)s2)cc1. The molecule has 0 radical (unpaired) electrons. The van der Waals surface area contributed by atoms with Crippen LogP contribution in [-0.4, -0.2) is 14.3 Å². The summed E-state index contributed by atoms with van der Waals surface area (Å²) in [6.07, 6.45) is 0. The fourth-order valence-electron chi connectivity index (χ4n) is 2.73. The Morgan fingerprint density at radius 3 is 2.14 bits per heavy atom. The lowest BCUT2D eigenvalue weighted by atomic mass is 9.86. The number of carbonyl (C=O) groups excluding carboxylic acids is 1. The van der Waals surface area contributed by atoms with Gasteiger partial charge in [0, 0.05) is 4.88 Å². The molecule has 0 saturated heterocycles. The van der Waals surface area contributed by atoms with Gasteiger partial charge in [-0.3, -0.25) is 9.52 Å². The van der Waals surface area contributed by atoms with Gasteiger partial charge in [-0.1, -0.05) is 63.2 Å². The molecule has 0 aliphatic carbocycles. The topological polar surface area (TPSA) is 89.3 Å². The summed E-state index contributed by atoms with van der Waals surface area (Å²) in [5, 5.41) is 0. The summed E-state index contributed by atoms with van der Waals surface area (Å²) in [5.41, 5.74) is 7.78. The van der Waals surface area contributed by atoms with Crippen LogP contribution in [0.15, 0.2) is 65.6 Å². The molecule has 1 amide bonds. The van der Waals surface area contributed by atoms with Crippen molar-refractivity contribution in [3.05, 3.63) is 71.1 Å². The second-order valence-electron chi connectivity index (χ2n) is 7.46. The van der Waals surface area contributed by atoms with Gasteiger partial charge in [-0.15, -0.1) is 11.3 Å². The zero-order chi connectivity index (χ0) is 20.5. The minimum atomic E-state index is -3.82. The minimum absolute atomic E-state index is 0.0306. The van der Waals surface area contributed by atoms with E-state index in [2.05, 4.69) is 25.5 Å². The molecule has 0 atom stereocenters. The van der Waals surface area contributed by atoms with Crippen LogP contribution in [0.25, 0.3) is 10.4 Å². The first-order chi connectivity index (χ1) is 13.1. The van der Waals surface area contributed by atoms with Crippen molar-refractivity contribution in [2.24, 2.45) is 5.73 Å². The van der Waals surface area contributed by atoms with Crippen LogP contribution in [0.1, 0.15) is 36.0 Å². The second-order valence-corrected chi connectivity index (χ2v) is 10.2. The van der Waals surface area contributed by atoms with E-state index in [9.17, 15) is 13.2 Å². The van der Waals surface area contributed by atoms with Crippen molar-refractivity contribution >= 4 is 33.0 Å². The number of sulfonamides is 1. The average Bonchev–Trinajstić information content (AvgIpc) is 3.05. The molecule has 0 aliphatic rings. The summed E-state index contributed by atoms with van der Waals surface area (Å²) < 4.78 is 27.7. The van der Waals surface area contributed by atoms with Crippen LogP contribution in [0, 0.1) is 0 Å². The number of nitrogens with two attached hydrogens (primary N) is 1. The molecule has 146 valence electrons. The Hall–Kier alpha value is -2.64. The zero-order valence-corrected chi connectivity index (χ0v) is 17.5. The minimum Gasteiger partial charge on any atom is -0.365 e. The Balaban J connectivity index is 1.98. The van der Waals surface area contributed by atoms with E-state index in [4.69, 9.17) is 5.73 Å². The monoisotopic (exact) mass is 414 g/mol. The predicted molar refractivity (Wildman–Crippen MR) is 114 cm³/mol. The van der Waals surface area contributed by atoms with E-state index in [0.29, 0.717) is 0 Å². The van der Waals surface area contributed by atoms with Crippen molar-refractivity contribution in [3.63, 3.8) is 0 Å². The smallest absolute Gasteiger partial charge is 0.261 e. The van der Waals surface area contributed by atoms with Crippen molar-refractivity contribution in [1.29, 1.82) is 0 Å². The third-order valence-electron chi connectivity index (χ3n) is 4.29. The molecule has 0 unspecified atom stereocenters. The van der Waals surface area contributed by atoms with E-state index in [1.807, 2.05) is 24.3 Å². The van der Waals surface area contributed by atoms with Gasteiger partial charge in [-0.2, -0.15) is 0 Å². The van der Waals surface area contributed by atoms with Crippen LogP contribution in [0.5, 0.6) is 0 Å². The first kappa shape index (κ1) is 20.1. The summed E-state index contributed by atoms with van der Waals surface area (Å²) in [4.78, 5) is 12.9. The standard InChI is InChI=1S/C21H22N2O3S2/c1-21(2,3)15-11-9-14(10-12-15)18-13-17(19(27-18)20(22)24)23-28(25,26)16-7-5-4-6-8-16/h4-13,23H,1-3H3,(H2,22,24). The number of hydrogen-bond donors (Lipinski definition) is 2. The van der Waals surface area contributed by atoms with Crippen molar-refractivity contribution in [3.8, 4) is 10.4 Å². The summed E-state index contributed by atoms with van der Waals surface area (Å²) in [6.45, 7) is 6.40. The molecule has 3 aromatic rings. The third kappa shape index (κ3) is 4.26. The van der Waals surface area contributed by atoms with Gasteiger partial charge in [0.15, 0.2) is 0 Å². The Bertz CT molecular complexity index is 1090. The molecule has 0 aliphatic heterocycles. The van der Waals surface area contributed by atoms with Gasteiger partial charge >= 0.3 is 0 Å². The molecule has 3 N–H and O–H groups in total. The highest BCUT2D eigenvalue weighted by Gasteiger charge is 2.21. The molecule has 2 aromatic carbocycles. The molecule has 0 fully saturated rings. The molecule has 1 aromatic heterocycles. The molecule has 0 spiro atoms. The van der Waals surface area contributed by atoms with Gasteiger partial charge in [-0.25, -0.2) is 8.42 Å². The van der Waals surface area contributed by atoms with E-state index in [1.54, 1.807) is 24.3 Å². The summed E-state index contributed by atoms with van der Waals surface area (Å²) in [5.74, 6) is -0.673. The van der Waals surface area contributed by atoms with Crippen LogP contribution in [0.3, 0.4) is 0 Å². The maximum atomic E-state index is 12.6. The number of nitrogens with one attached hydrogen (secondary N) is 1. The molecule has 0 saturated carbocycles. The number of amides is 1. The van der Waals surface area contributed by atoms with E-state index in [-0.39, 0.29) is 20.9 Å². The van der Waals surface area contributed by atoms with Gasteiger partial charge in [0.1, 0.15) is 4.88 Å². The second kappa shape index (κ2) is 7.41. The Kier molecular flexibility index (Phi) is 5.32. The molecular weight excluding hydrogens is 392 g/mol. The molecule has 3 rings (SSSR count). The van der Waals surface area contributed by atoms with Crippen LogP contribution >= 0.6 is 11.3 Å². The number of thiophene rings is 1. The van der Waals surface area contributed by atoms with Crippen molar-refractivity contribution in [2.45, 2.75) is 31.1 Å². The largest absolute Gasteiger partial charge is 0.365 e. The summed E-state index contributed by atoms with van der Waals surface area (Å²) >= 11 is 1.17. The highest BCUT2D eigenvalue weighted by molar-refractivity contribution is 7.92. The summed E-state index contributed by atoms with van der Waals surface area (Å²) in [6, 6.07) is 17.6. The molecule has 5 nitrogen and oxygen atoms in total. The van der Waals surface area contributed by atoms with E-state index in [1.165, 1.54) is 29.0 Å². The van der Waals surface area contributed by atoms with Gasteiger partial charge in [0.2, 0.25) is 0 Å². The van der Waals surface area contributed by atoms with Crippen molar-refractivity contribution in [2.75, 3.05) is 4.72 Å². The summed E-state index contributed by atoms with van der Waals surface area (Å²) in [7, 11) is -3.82. The maximum Gasteiger partial charge on any atom is 0.261 e. The number of anilines is 1. The lowest BCUT2D eigenvalue weighted by molar-refractivity contribution is 0.100. The number of benzene rings is 2.